The van der Waals surface area contributed by atoms with Crippen LogP contribution in [0.5, 0.6) is 0 Å². The number of hydrogen-bond acceptors (Lipinski definition) is 14. The fourth-order valence-electron chi connectivity index (χ4n) is 14.4. The number of rotatable bonds is 14. The zero-order valence-corrected chi connectivity index (χ0v) is 58.9. The number of alkyl halides is 3. The van der Waals surface area contributed by atoms with E-state index in [4.69, 9.17) is 54.8 Å². The maximum atomic E-state index is 16.3. The van der Waals surface area contributed by atoms with Crippen LogP contribution in [0.3, 0.4) is 0 Å². The van der Waals surface area contributed by atoms with Crippen molar-refractivity contribution in [1.29, 1.82) is 10.5 Å². The lowest BCUT2D eigenvalue weighted by atomic mass is 9.94. The average molecular weight is 1450 g/mol. The fraction of sp³-hybridized carbons (Fsp3) is 0.0108. The third-order valence-corrected chi connectivity index (χ3v) is 19.7. The standard InChI is InChI=1S/C93H53F3N16/c94-93(95,96)75-46-56(53-97)36-41-69(75)68-51-80(111-76-47-64(83-100-55-99-82(101-83)57-22-8-1-9-23-57)37-42-70(76)71-43-38-65(48-77(71)111)90-105-84(58-24-10-2-11-25-58)102-85(106-90)59-26-12-3-13-27-59)74(54-98)81(52-68)112-78-49-66(91-107-86(60-28-14-4-15-29-60)103-87(108-91)61-30-16-5-17-31-61)39-44-72(78)73-45-40-67(50-79(73)112)92-109-88(62-32-18-6-19-33-62)104-89(110-92)63-34-20-7-21-35-63/h1-52,55H. The van der Waals surface area contributed by atoms with E-state index in [2.05, 4.69) is 11.1 Å². The minimum Gasteiger partial charge on any atom is -0.308 e. The van der Waals surface area contributed by atoms with Gasteiger partial charge in [-0.1, -0.05) is 267 Å². The molecular weight excluding hydrogens is 1400 g/mol. The molecule has 0 radical (unpaired) electrons. The quantitative estimate of drug-likeness (QED) is 0.0991. The van der Waals surface area contributed by atoms with Gasteiger partial charge in [0.15, 0.2) is 64.1 Å². The van der Waals surface area contributed by atoms with Gasteiger partial charge in [-0.05, 0) is 59.7 Å². The minimum atomic E-state index is -5.00. The molecule has 0 saturated heterocycles. The first kappa shape index (κ1) is 66.9. The van der Waals surface area contributed by atoms with E-state index in [1.807, 2.05) is 300 Å². The summed E-state index contributed by atoms with van der Waals surface area (Å²) in [6.45, 7) is 0. The van der Waals surface area contributed by atoms with Crippen molar-refractivity contribution in [2.75, 3.05) is 0 Å². The van der Waals surface area contributed by atoms with Crippen LogP contribution in [0.25, 0.3) is 191 Å². The van der Waals surface area contributed by atoms with E-state index in [0.29, 0.717) is 130 Å². The molecule has 0 amide bonds. The molecule has 6 aromatic heterocycles. The monoisotopic (exact) mass is 1450 g/mol. The second-order valence-corrected chi connectivity index (χ2v) is 26.6. The SMILES string of the molecule is N#Cc1ccc(-c2cc(-n3c4cc(-c5ncnc(-c6ccccc6)n5)ccc4c4ccc(-c5nc(-c6ccccc6)nc(-c6ccccc6)n5)cc43)c(C#N)c(-n3c4cc(-c5nc(-c6ccccc6)nc(-c6ccccc6)n5)ccc4c4ccc(-c5nc(-c6ccccc6)nc(-c6ccccc6)n5)cc43)c2)c(C(F)(F)F)c1. The Balaban J connectivity index is 0.937. The minimum absolute atomic E-state index is 0.0374. The average Bonchev–Trinajstić information content (AvgIpc) is 1.56. The van der Waals surface area contributed by atoms with Gasteiger partial charge in [-0.25, -0.2) is 59.8 Å². The van der Waals surface area contributed by atoms with Crippen molar-refractivity contribution in [2.45, 2.75) is 6.18 Å². The number of nitrogens with zero attached hydrogens (tertiary/aromatic N) is 16. The molecule has 6 heterocycles. The Labute approximate surface area is 637 Å². The zero-order chi connectivity index (χ0) is 75.4. The van der Waals surface area contributed by atoms with Crippen LogP contribution in [0, 0.1) is 22.7 Å². The first-order chi connectivity index (χ1) is 55.0. The van der Waals surface area contributed by atoms with E-state index in [1.165, 1.54) is 18.5 Å². The van der Waals surface area contributed by atoms with Gasteiger partial charge < -0.3 is 9.13 Å². The molecule has 16 nitrogen and oxygen atoms in total. The molecule has 0 fully saturated rings. The predicted octanol–water partition coefficient (Wildman–Crippen LogP) is 21.4. The fourth-order valence-corrected chi connectivity index (χ4v) is 14.4. The summed E-state index contributed by atoms with van der Waals surface area (Å²) < 4.78 is 52.8. The van der Waals surface area contributed by atoms with Gasteiger partial charge in [0.1, 0.15) is 18.0 Å². The van der Waals surface area contributed by atoms with Crippen molar-refractivity contribution in [1.82, 2.24) is 68.9 Å². The summed E-state index contributed by atoms with van der Waals surface area (Å²) in [4.78, 5) is 60.4. The van der Waals surface area contributed by atoms with E-state index >= 15 is 13.2 Å². The van der Waals surface area contributed by atoms with Crippen molar-refractivity contribution < 1.29 is 13.2 Å². The van der Waals surface area contributed by atoms with Crippen LogP contribution < -0.4 is 0 Å². The zero-order valence-electron chi connectivity index (χ0n) is 58.9. The lowest BCUT2D eigenvalue weighted by Crippen LogP contribution is -2.09. The van der Waals surface area contributed by atoms with Crippen molar-refractivity contribution in [2.24, 2.45) is 0 Å². The molecule has 0 aliphatic heterocycles. The summed E-state index contributed by atoms with van der Waals surface area (Å²) in [6, 6.07) is 102. The molecule has 526 valence electrons. The molecule has 0 bridgehead atoms. The third kappa shape index (κ3) is 12.4. The molecular formula is C93H53F3N16. The smallest absolute Gasteiger partial charge is 0.308 e. The van der Waals surface area contributed by atoms with E-state index in [0.717, 1.165) is 45.0 Å². The van der Waals surface area contributed by atoms with Crippen molar-refractivity contribution in [3.8, 4) is 160 Å². The number of aromatic nitrogens is 14. The van der Waals surface area contributed by atoms with Crippen LogP contribution in [-0.4, -0.2) is 68.9 Å². The molecule has 0 saturated carbocycles. The number of hydrogen-bond donors (Lipinski definition) is 0. The van der Waals surface area contributed by atoms with Gasteiger partial charge in [-0.3, -0.25) is 0 Å². The summed E-state index contributed by atoms with van der Waals surface area (Å²) in [7, 11) is 0. The first-order valence-electron chi connectivity index (χ1n) is 35.8. The summed E-state index contributed by atoms with van der Waals surface area (Å²) in [5.41, 5.74) is 8.39. The number of halogens is 3. The topological polar surface area (TPSA) is 212 Å². The highest BCUT2D eigenvalue weighted by atomic mass is 19.4. The molecule has 0 N–H and O–H groups in total. The molecule has 19 heteroatoms. The number of nitriles is 2. The summed E-state index contributed by atoms with van der Waals surface area (Å²) in [5, 5.41) is 25.8. The van der Waals surface area contributed by atoms with Crippen LogP contribution in [0.15, 0.2) is 322 Å². The van der Waals surface area contributed by atoms with Crippen LogP contribution in [-0.2, 0) is 6.18 Å². The van der Waals surface area contributed by atoms with E-state index in [1.54, 1.807) is 12.1 Å². The van der Waals surface area contributed by atoms with Gasteiger partial charge in [0.05, 0.1) is 50.6 Å². The van der Waals surface area contributed by atoms with E-state index in [-0.39, 0.29) is 33.6 Å². The summed E-state index contributed by atoms with van der Waals surface area (Å²) in [6.07, 6.45) is -3.55. The molecule has 0 unspecified atom stereocenters. The van der Waals surface area contributed by atoms with Gasteiger partial charge in [0.2, 0.25) is 0 Å². The molecule has 0 spiro atoms. The Kier molecular flexibility index (Phi) is 16.7. The van der Waals surface area contributed by atoms with Crippen LogP contribution in [0.1, 0.15) is 16.7 Å². The van der Waals surface area contributed by atoms with Crippen LogP contribution >= 0.6 is 0 Å². The van der Waals surface area contributed by atoms with Gasteiger partial charge in [-0.15, -0.1) is 0 Å². The number of fused-ring (bicyclic) bond motifs is 6. The lowest BCUT2D eigenvalue weighted by Gasteiger charge is -2.20. The predicted molar refractivity (Wildman–Crippen MR) is 428 cm³/mol. The van der Waals surface area contributed by atoms with E-state index in [9.17, 15) is 10.5 Å². The lowest BCUT2D eigenvalue weighted by molar-refractivity contribution is -0.137. The molecule has 0 aliphatic rings. The largest absolute Gasteiger partial charge is 0.417 e. The third-order valence-electron chi connectivity index (χ3n) is 19.7. The summed E-state index contributed by atoms with van der Waals surface area (Å²) in [5.74, 6) is 4.20. The van der Waals surface area contributed by atoms with Crippen molar-refractivity contribution >= 4 is 43.6 Å². The Hall–Kier alpha value is -15.7. The van der Waals surface area contributed by atoms with Crippen LogP contribution in [0.2, 0.25) is 0 Å². The van der Waals surface area contributed by atoms with Crippen LogP contribution in [0.4, 0.5) is 13.2 Å². The second kappa shape index (κ2) is 27.9. The Bertz CT molecular complexity index is 6640. The van der Waals surface area contributed by atoms with Crippen molar-refractivity contribution in [3.05, 3.63) is 338 Å². The molecule has 19 rings (SSSR count). The second-order valence-electron chi connectivity index (χ2n) is 26.6. The van der Waals surface area contributed by atoms with Gasteiger partial charge in [0, 0.05) is 82.7 Å². The Morgan fingerprint density at radius 2 is 0.509 bits per heavy atom. The Morgan fingerprint density at radius 3 is 0.786 bits per heavy atom. The Morgan fingerprint density at radius 1 is 0.250 bits per heavy atom. The molecule has 112 heavy (non-hydrogen) atoms. The molecule has 19 aromatic rings. The highest BCUT2D eigenvalue weighted by Crippen LogP contribution is 2.46. The van der Waals surface area contributed by atoms with Crippen molar-refractivity contribution in [3.63, 3.8) is 0 Å². The normalized spacial score (nSPS) is 11.5. The summed E-state index contributed by atoms with van der Waals surface area (Å²) >= 11 is 0. The first-order valence-corrected chi connectivity index (χ1v) is 35.8. The maximum absolute atomic E-state index is 16.3. The number of benzene rings is 13. The van der Waals surface area contributed by atoms with Gasteiger partial charge in [0.25, 0.3) is 0 Å². The van der Waals surface area contributed by atoms with E-state index < -0.39 is 11.7 Å². The molecule has 0 aliphatic carbocycles. The molecule has 0 atom stereocenters. The highest BCUT2D eigenvalue weighted by molar-refractivity contribution is 6.13. The van der Waals surface area contributed by atoms with Gasteiger partial charge in [-0.2, -0.15) is 23.7 Å². The highest BCUT2D eigenvalue weighted by Gasteiger charge is 2.35. The maximum Gasteiger partial charge on any atom is 0.417 e. The van der Waals surface area contributed by atoms with Gasteiger partial charge >= 0.3 is 6.18 Å². The molecule has 13 aromatic carbocycles.